The molecule has 0 aliphatic rings. The van der Waals surface area contributed by atoms with Crippen LogP contribution in [0.3, 0.4) is 0 Å². The quantitative estimate of drug-likeness (QED) is 0.193. The van der Waals surface area contributed by atoms with E-state index in [1.807, 2.05) is 0 Å². The molecule has 1 aromatic carbocycles. The fraction of sp³-hybridized carbons (Fsp3) is 0.320. The zero-order valence-corrected chi connectivity index (χ0v) is 23.6. The molecule has 0 atom stereocenters. The molecule has 0 unspecified atom stereocenters. The lowest BCUT2D eigenvalue weighted by Gasteiger charge is -2.11. The highest BCUT2D eigenvalue weighted by Crippen LogP contribution is 2.35. The molecular weight excluding hydrogens is 571 g/mol. The molecule has 0 aliphatic carbocycles. The summed E-state index contributed by atoms with van der Waals surface area (Å²) in [7, 11) is 4.36. The number of carbonyl (C=O) groups is 3. The van der Waals surface area contributed by atoms with E-state index in [-0.39, 0.29) is 41.1 Å². The molecule has 0 spiro atoms. The van der Waals surface area contributed by atoms with Crippen molar-refractivity contribution in [2.75, 3.05) is 32.3 Å². The van der Waals surface area contributed by atoms with E-state index < -0.39 is 23.6 Å². The van der Waals surface area contributed by atoms with Gasteiger partial charge in [0.05, 0.1) is 28.9 Å². The SMILES string of the molecule is C=CCn1c(COc2cccc(C(F)(F)F)c2)nnc1SCC(=O)Nc1sc(C(=O)N(C)C)c(C)c1C(=O)OC. The van der Waals surface area contributed by atoms with E-state index in [9.17, 15) is 27.6 Å². The summed E-state index contributed by atoms with van der Waals surface area (Å²) in [6.45, 7) is 5.38. The number of thioether (sulfide) groups is 1. The largest absolute Gasteiger partial charge is 0.486 e. The van der Waals surface area contributed by atoms with Gasteiger partial charge < -0.3 is 19.7 Å². The molecule has 40 heavy (non-hydrogen) atoms. The summed E-state index contributed by atoms with van der Waals surface area (Å²) in [5, 5.41) is 11.3. The van der Waals surface area contributed by atoms with Crippen molar-refractivity contribution in [1.29, 1.82) is 0 Å². The summed E-state index contributed by atoms with van der Waals surface area (Å²) < 4.78 is 50.9. The van der Waals surface area contributed by atoms with Gasteiger partial charge in [-0.1, -0.05) is 23.9 Å². The first kappa shape index (κ1) is 30.7. The second kappa shape index (κ2) is 13.0. The van der Waals surface area contributed by atoms with Crippen LogP contribution in [0.15, 0.2) is 42.1 Å². The zero-order valence-electron chi connectivity index (χ0n) is 22.0. The Balaban J connectivity index is 1.72. The lowest BCUT2D eigenvalue weighted by atomic mass is 10.1. The Hall–Kier alpha value is -3.85. The minimum atomic E-state index is -4.50. The molecule has 1 N–H and O–H groups in total. The normalized spacial score (nSPS) is 11.2. The predicted octanol–water partition coefficient (Wildman–Crippen LogP) is 4.65. The van der Waals surface area contributed by atoms with Gasteiger partial charge >= 0.3 is 12.1 Å². The molecule has 2 aromatic heterocycles. The molecule has 0 fully saturated rings. The van der Waals surface area contributed by atoms with Crippen LogP contribution in [0.25, 0.3) is 0 Å². The van der Waals surface area contributed by atoms with Crippen LogP contribution < -0.4 is 10.1 Å². The number of alkyl halides is 3. The Morgan fingerprint density at radius 3 is 2.60 bits per heavy atom. The number of allylic oxidation sites excluding steroid dienone is 1. The average molecular weight is 598 g/mol. The second-order valence-electron chi connectivity index (χ2n) is 8.40. The van der Waals surface area contributed by atoms with Crippen molar-refractivity contribution >= 4 is 45.9 Å². The van der Waals surface area contributed by atoms with Crippen molar-refractivity contribution in [2.45, 2.75) is 31.4 Å². The monoisotopic (exact) mass is 597 g/mol. The third-order valence-electron chi connectivity index (χ3n) is 5.36. The molecule has 0 radical (unpaired) electrons. The number of hydrogen-bond acceptors (Lipinski definition) is 9. The van der Waals surface area contributed by atoms with Gasteiger partial charge in [-0.25, -0.2) is 4.79 Å². The minimum Gasteiger partial charge on any atom is -0.486 e. The van der Waals surface area contributed by atoms with E-state index >= 15 is 0 Å². The highest BCUT2D eigenvalue weighted by atomic mass is 32.2. The van der Waals surface area contributed by atoms with Gasteiger partial charge in [0, 0.05) is 20.6 Å². The van der Waals surface area contributed by atoms with Crippen molar-refractivity contribution in [3.8, 4) is 5.75 Å². The Morgan fingerprint density at radius 2 is 1.98 bits per heavy atom. The Bertz CT molecular complexity index is 1420. The lowest BCUT2D eigenvalue weighted by molar-refractivity contribution is -0.137. The smallest absolute Gasteiger partial charge is 0.416 e. The average Bonchev–Trinajstić information content (AvgIpc) is 3.44. The number of benzene rings is 1. The molecular formula is C25H26F3N5O5S2. The molecule has 2 amide bonds. The maximum absolute atomic E-state index is 13.0. The summed E-state index contributed by atoms with van der Waals surface area (Å²) in [6.07, 6.45) is -2.93. The van der Waals surface area contributed by atoms with Gasteiger partial charge in [0.15, 0.2) is 11.0 Å². The van der Waals surface area contributed by atoms with Crippen LogP contribution in [-0.2, 0) is 28.9 Å². The number of nitrogens with one attached hydrogen (secondary N) is 1. The van der Waals surface area contributed by atoms with Crippen LogP contribution in [-0.4, -0.2) is 64.4 Å². The molecule has 3 aromatic rings. The Labute approximate surface area is 236 Å². The van der Waals surface area contributed by atoms with Crippen molar-refractivity contribution in [3.05, 3.63) is 64.3 Å². The topological polar surface area (TPSA) is 116 Å². The number of ether oxygens (including phenoxy) is 2. The van der Waals surface area contributed by atoms with Crippen molar-refractivity contribution in [3.63, 3.8) is 0 Å². The van der Waals surface area contributed by atoms with Crippen LogP contribution in [0.1, 0.15) is 37.0 Å². The second-order valence-corrected chi connectivity index (χ2v) is 10.4. The van der Waals surface area contributed by atoms with Gasteiger partial charge in [-0.2, -0.15) is 13.2 Å². The summed E-state index contributed by atoms with van der Waals surface area (Å²) in [4.78, 5) is 39.4. The number of hydrogen-bond donors (Lipinski definition) is 1. The number of carbonyl (C=O) groups excluding carboxylic acids is 3. The third kappa shape index (κ3) is 7.21. The zero-order chi connectivity index (χ0) is 29.6. The van der Waals surface area contributed by atoms with Crippen LogP contribution in [0, 0.1) is 6.92 Å². The standard InChI is InChI=1S/C25H26F3N5O5S2/c1-6-10-33-17(12-38-16-9-7-8-15(11-16)25(26,27)28)30-31-24(33)39-13-18(34)29-21-19(23(36)37-5)14(2)20(40-21)22(35)32(3)4/h6-9,11H,1,10,12-13H2,2-5H3,(H,29,34). The fourth-order valence-corrected chi connectivity index (χ4v) is 5.40. The third-order valence-corrected chi connectivity index (χ3v) is 7.52. The van der Waals surface area contributed by atoms with Crippen LogP contribution in [0.2, 0.25) is 0 Å². The van der Waals surface area contributed by atoms with E-state index in [4.69, 9.17) is 9.47 Å². The lowest BCUT2D eigenvalue weighted by Crippen LogP contribution is -2.21. The molecule has 2 heterocycles. The van der Waals surface area contributed by atoms with Gasteiger partial charge in [0.25, 0.3) is 5.91 Å². The molecule has 0 aliphatic heterocycles. The Kier molecular flexibility index (Phi) is 9.98. The van der Waals surface area contributed by atoms with E-state index in [0.29, 0.717) is 21.4 Å². The summed E-state index contributed by atoms with van der Waals surface area (Å²) in [5.74, 6) is -1.29. The number of esters is 1. The molecule has 214 valence electrons. The number of anilines is 1. The van der Waals surface area contributed by atoms with Crippen LogP contribution in [0.4, 0.5) is 18.2 Å². The summed E-state index contributed by atoms with van der Waals surface area (Å²) >= 11 is 2.02. The summed E-state index contributed by atoms with van der Waals surface area (Å²) in [6, 6.07) is 4.47. The highest BCUT2D eigenvalue weighted by Gasteiger charge is 2.31. The minimum absolute atomic E-state index is 0.0105. The van der Waals surface area contributed by atoms with Gasteiger partial charge in [-0.15, -0.1) is 28.1 Å². The molecule has 0 saturated carbocycles. The van der Waals surface area contributed by atoms with E-state index in [0.717, 1.165) is 35.2 Å². The van der Waals surface area contributed by atoms with Gasteiger partial charge in [0.1, 0.15) is 17.4 Å². The molecule has 10 nitrogen and oxygen atoms in total. The maximum atomic E-state index is 13.0. The highest BCUT2D eigenvalue weighted by molar-refractivity contribution is 7.99. The van der Waals surface area contributed by atoms with E-state index in [1.54, 1.807) is 31.7 Å². The first-order valence-corrected chi connectivity index (χ1v) is 13.4. The number of halogens is 3. The number of nitrogens with zero attached hydrogens (tertiary/aromatic N) is 4. The molecule has 15 heteroatoms. The van der Waals surface area contributed by atoms with Crippen molar-refractivity contribution < 1.29 is 37.0 Å². The van der Waals surface area contributed by atoms with Crippen molar-refractivity contribution in [1.82, 2.24) is 19.7 Å². The summed E-state index contributed by atoms with van der Waals surface area (Å²) in [5.41, 5.74) is -0.344. The first-order chi connectivity index (χ1) is 18.9. The number of thiophene rings is 1. The van der Waals surface area contributed by atoms with Crippen LogP contribution in [0.5, 0.6) is 5.75 Å². The van der Waals surface area contributed by atoms with Gasteiger partial charge in [-0.05, 0) is 30.7 Å². The van der Waals surface area contributed by atoms with Gasteiger partial charge in [-0.3, -0.25) is 14.2 Å². The maximum Gasteiger partial charge on any atom is 0.416 e. The number of methoxy groups -OCH3 is 1. The van der Waals surface area contributed by atoms with Gasteiger partial charge in [0.2, 0.25) is 5.91 Å². The first-order valence-electron chi connectivity index (χ1n) is 11.6. The fourth-order valence-electron chi connectivity index (χ4n) is 3.40. The predicted molar refractivity (Wildman–Crippen MR) is 144 cm³/mol. The molecule has 3 rings (SSSR count). The number of rotatable bonds is 11. The van der Waals surface area contributed by atoms with Crippen molar-refractivity contribution in [2.24, 2.45) is 0 Å². The van der Waals surface area contributed by atoms with E-state index in [1.165, 1.54) is 24.1 Å². The number of aromatic nitrogens is 3. The molecule has 0 saturated heterocycles. The van der Waals surface area contributed by atoms with Crippen LogP contribution >= 0.6 is 23.1 Å². The Morgan fingerprint density at radius 1 is 1.25 bits per heavy atom. The molecule has 0 bridgehead atoms. The van der Waals surface area contributed by atoms with E-state index in [2.05, 4.69) is 22.1 Å². The number of amides is 2.